The number of benzene rings is 2. The van der Waals surface area contributed by atoms with Crippen molar-refractivity contribution in [3.05, 3.63) is 59.7 Å². The average Bonchev–Trinajstić information content (AvgIpc) is 2.35. The first kappa shape index (κ1) is 13.0. The van der Waals surface area contributed by atoms with Crippen molar-refractivity contribution in [3.8, 4) is 0 Å². The van der Waals surface area contributed by atoms with Crippen molar-refractivity contribution in [1.82, 2.24) is 0 Å². The van der Waals surface area contributed by atoms with E-state index in [0.29, 0.717) is 0 Å². The summed E-state index contributed by atoms with van der Waals surface area (Å²) in [5, 5.41) is 6.65. The van der Waals surface area contributed by atoms with Gasteiger partial charge in [0.2, 0.25) is 0 Å². The summed E-state index contributed by atoms with van der Waals surface area (Å²) in [4.78, 5) is 0. The number of hydrogen-bond donors (Lipinski definition) is 2. The van der Waals surface area contributed by atoms with Crippen LogP contribution in [0.4, 0.5) is 11.4 Å². The first-order valence-corrected chi connectivity index (χ1v) is 6.94. The Morgan fingerprint density at radius 1 is 0.722 bits per heavy atom. The molecule has 0 aliphatic heterocycles. The molecule has 2 nitrogen and oxygen atoms in total. The molecule has 96 valence electrons. The molecule has 0 unspecified atom stereocenters. The van der Waals surface area contributed by atoms with Gasteiger partial charge in [-0.05, 0) is 0 Å². The van der Waals surface area contributed by atoms with Crippen LogP contribution in [-0.2, 0) is 19.4 Å². The van der Waals surface area contributed by atoms with E-state index < -0.39 is 0 Å². The Hall–Kier alpha value is -1.40. The first-order chi connectivity index (χ1) is 8.63. The Bertz CT molecular complexity index is 480. The van der Waals surface area contributed by atoms with Crippen molar-refractivity contribution < 1.29 is 19.4 Å². The predicted octanol–water partition coefficient (Wildman–Crippen LogP) is 3.46. The van der Waals surface area contributed by atoms with Gasteiger partial charge in [-0.2, -0.15) is 0 Å². The molecule has 3 heteroatoms. The average molecular weight is 419 g/mol. The van der Waals surface area contributed by atoms with Gasteiger partial charge in [-0.1, -0.05) is 0 Å². The summed E-state index contributed by atoms with van der Waals surface area (Å²) in [6.07, 6.45) is 0. The zero-order valence-corrected chi connectivity index (χ0v) is 12.7. The summed E-state index contributed by atoms with van der Waals surface area (Å²) < 4.78 is 0.989. The van der Waals surface area contributed by atoms with Crippen molar-refractivity contribution >= 4 is 15.5 Å². The molecule has 2 rings (SSSR count). The summed E-state index contributed by atoms with van der Waals surface area (Å²) in [6.45, 7) is 4.17. The normalized spacial score (nSPS) is 10.0. The summed E-state index contributed by atoms with van der Waals surface area (Å²) >= 11 is 2.24. The summed E-state index contributed by atoms with van der Waals surface area (Å²) in [5.74, 6) is 0. The zero-order valence-electron chi connectivity index (χ0n) is 10.4. The molecule has 2 N–H and O–H groups in total. The number of rotatable bonds is 4. The Morgan fingerprint density at radius 3 is 1.39 bits per heavy atom. The van der Waals surface area contributed by atoms with E-state index in [1.165, 1.54) is 11.1 Å². The fraction of sp³-hybridized carbons (Fsp3) is 0.133. The number of hydrogen-bond acceptors (Lipinski definition) is 2. The molecule has 0 saturated heterocycles. The molecule has 0 spiro atoms. The van der Waals surface area contributed by atoms with Crippen molar-refractivity contribution in [2.75, 3.05) is 10.6 Å². The summed E-state index contributed by atoms with van der Waals surface area (Å²) in [6, 6.07) is 16.7. The molecule has 0 aliphatic carbocycles. The molecule has 2 aromatic rings. The SMILES string of the molecule is Cc1ccc(N[C](=[Pt])Nc2ccc(C)cc2)cc1. The Labute approximate surface area is 119 Å². The van der Waals surface area contributed by atoms with E-state index in [0.717, 1.165) is 15.5 Å². The molecule has 2 aromatic carbocycles. The quantitative estimate of drug-likeness (QED) is 0.793. The van der Waals surface area contributed by atoms with Gasteiger partial charge in [0, 0.05) is 0 Å². The molecule has 0 radical (unpaired) electrons. The van der Waals surface area contributed by atoms with Gasteiger partial charge < -0.3 is 0 Å². The van der Waals surface area contributed by atoms with Gasteiger partial charge in [-0.3, -0.25) is 0 Å². The molecule has 0 amide bonds. The van der Waals surface area contributed by atoms with E-state index in [-0.39, 0.29) is 0 Å². The molecule has 18 heavy (non-hydrogen) atoms. The Morgan fingerprint density at radius 2 is 1.06 bits per heavy atom. The zero-order chi connectivity index (χ0) is 13.0. The molecule has 0 saturated carbocycles. The van der Waals surface area contributed by atoms with Crippen molar-refractivity contribution in [1.29, 1.82) is 0 Å². The van der Waals surface area contributed by atoms with Crippen LogP contribution >= 0.6 is 0 Å². The second-order valence-corrected chi connectivity index (χ2v) is 5.40. The van der Waals surface area contributed by atoms with E-state index in [4.69, 9.17) is 0 Å². The van der Waals surface area contributed by atoms with Crippen molar-refractivity contribution in [2.45, 2.75) is 13.8 Å². The van der Waals surface area contributed by atoms with Crippen LogP contribution in [0, 0.1) is 13.8 Å². The predicted molar refractivity (Wildman–Crippen MR) is 74.6 cm³/mol. The van der Waals surface area contributed by atoms with Crippen LogP contribution in [0.15, 0.2) is 48.5 Å². The van der Waals surface area contributed by atoms with E-state index in [9.17, 15) is 0 Å². The van der Waals surface area contributed by atoms with Gasteiger partial charge in [-0.25, -0.2) is 0 Å². The van der Waals surface area contributed by atoms with Gasteiger partial charge >= 0.3 is 119 Å². The van der Waals surface area contributed by atoms with Crippen LogP contribution < -0.4 is 10.6 Å². The molecular weight excluding hydrogens is 403 g/mol. The maximum atomic E-state index is 3.33. The van der Waals surface area contributed by atoms with Gasteiger partial charge in [0.1, 0.15) is 0 Å². The van der Waals surface area contributed by atoms with Crippen LogP contribution in [0.2, 0.25) is 0 Å². The summed E-state index contributed by atoms with van der Waals surface area (Å²) in [7, 11) is 0. The van der Waals surface area contributed by atoms with Gasteiger partial charge in [0.05, 0.1) is 0 Å². The third-order valence-electron chi connectivity index (χ3n) is 2.60. The van der Waals surface area contributed by atoms with Crippen molar-refractivity contribution in [2.24, 2.45) is 0 Å². The van der Waals surface area contributed by atoms with Gasteiger partial charge in [0.25, 0.3) is 0 Å². The standard InChI is InChI=1S/C15H16N2.Pt/c1-12-3-7-14(8-4-12)16-11-17-15-9-5-13(2)6-10-15;/h3-10,16-17H,1-2H3;. The molecule has 0 atom stereocenters. The Balaban J connectivity index is 1.96. The molecule has 0 fully saturated rings. The third kappa shape index (κ3) is 3.82. The monoisotopic (exact) mass is 419 g/mol. The molecular formula is C15H16N2Pt. The third-order valence-corrected chi connectivity index (χ3v) is 3.16. The van der Waals surface area contributed by atoms with Crippen LogP contribution in [-0.4, -0.2) is 4.15 Å². The van der Waals surface area contributed by atoms with E-state index in [1.807, 2.05) is 0 Å². The molecule has 0 bridgehead atoms. The van der Waals surface area contributed by atoms with Crippen LogP contribution in [0.25, 0.3) is 0 Å². The fourth-order valence-electron chi connectivity index (χ4n) is 1.54. The van der Waals surface area contributed by atoms with E-state index >= 15 is 0 Å². The minimum atomic E-state index is 0.989. The molecule has 0 aliphatic rings. The maximum absolute atomic E-state index is 3.33. The molecule has 0 heterocycles. The number of nitrogens with one attached hydrogen (secondary N) is 2. The van der Waals surface area contributed by atoms with Gasteiger partial charge in [-0.15, -0.1) is 0 Å². The minimum absolute atomic E-state index is 0.989. The summed E-state index contributed by atoms with van der Waals surface area (Å²) in [5.41, 5.74) is 4.71. The van der Waals surface area contributed by atoms with Gasteiger partial charge in [0.15, 0.2) is 0 Å². The van der Waals surface area contributed by atoms with E-state index in [1.54, 1.807) is 0 Å². The second-order valence-electron chi connectivity index (χ2n) is 4.27. The van der Waals surface area contributed by atoms with E-state index in [2.05, 4.69) is 92.4 Å². The topological polar surface area (TPSA) is 24.1 Å². The van der Waals surface area contributed by atoms with Crippen LogP contribution in [0.5, 0.6) is 0 Å². The number of anilines is 2. The van der Waals surface area contributed by atoms with Crippen molar-refractivity contribution in [3.63, 3.8) is 0 Å². The number of aryl methyl sites for hydroxylation is 2. The second kappa shape index (κ2) is 5.97. The molecule has 0 aromatic heterocycles. The Kier molecular flexibility index (Phi) is 4.32. The fourth-order valence-corrected chi connectivity index (χ4v) is 2.20. The first-order valence-electron chi connectivity index (χ1n) is 5.80. The van der Waals surface area contributed by atoms with Crippen LogP contribution in [0.1, 0.15) is 11.1 Å². The van der Waals surface area contributed by atoms with Crippen LogP contribution in [0.3, 0.4) is 0 Å².